The van der Waals surface area contributed by atoms with Crippen LogP contribution in [0.15, 0.2) is 24.4 Å². The van der Waals surface area contributed by atoms with Crippen LogP contribution in [0.5, 0.6) is 0 Å². The van der Waals surface area contributed by atoms with Crippen molar-refractivity contribution in [1.82, 2.24) is 10.3 Å². The molecule has 0 bridgehead atoms. The molecule has 0 aromatic carbocycles. The predicted molar refractivity (Wildman–Crippen MR) is 62.5 cm³/mol. The number of nitrogens with one attached hydrogen (secondary N) is 1. The molecule has 0 saturated heterocycles. The molecular formula is C13H20N2. The summed E-state index contributed by atoms with van der Waals surface area (Å²) >= 11 is 0. The van der Waals surface area contributed by atoms with Gasteiger partial charge in [-0.25, -0.2) is 0 Å². The number of pyridine rings is 1. The molecule has 0 spiro atoms. The fourth-order valence-electron chi connectivity index (χ4n) is 2.39. The second-order valence-corrected chi connectivity index (χ2v) is 4.54. The summed E-state index contributed by atoms with van der Waals surface area (Å²) in [5, 5.41) is 3.58. The summed E-state index contributed by atoms with van der Waals surface area (Å²) < 4.78 is 0. The Morgan fingerprint density at radius 3 is 2.87 bits per heavy atom. The van der Waals surface area contributed by atoms with Crippen molar-refractivity contribution in [2.75, 3.05) is 0 Å². The Morgan fingerprint density at radius 1 is 1.40 bits per heavy atom. The van der Waals surface area contributed by atoms with Gasteiger partial charge in [0.25, 0.3) is 0 Å². The van der Waals surface area contributed by atoms with Gasteiger partial charge in [-0.05, 0) is 37.8 Å². The molecule has 0 radical (unpaired) electrons. The average Bonchev–Trinajstić information content (AvgIpc) is 2.81. The zero-order chi connectivity index (χ0) is 10.5. The lowest BCUT2D eigenvalue weighted by Gasteiger charge is -2.20. The Hall–Kier alpha value is -0.890. The van der Waals surface area contributed by atoms with E-state index in [2.05, 4.69) is 23.3 Å². The lowest BCUT2D eigenvalue weighted by atomic mass is 10.00. The molecule has 1 aliphatic rings. The minimum absolute atomic E-state index is 0.634. The van der Waals surface area contributed by atoms with Gasteiger partial charge in [-0.1, -0.05) is 18.9 Å². The second-order valence-electron chi connectivity index (χ2n) is 4.54. The van der Waals surface area contributed by atoms with Crippen molar-refractivity contribution in [1.29, 1.82) is 0 Å². The standard InChI is InChI=1S/C13H20N2/c1-11(12-6-2-3-7-12)15-10-13-8-4-5-9-14-13/h4-5,8-9,11-12,15H,2-3,6-7,10H2,1H3/t11-/m0/s1. The third kappa shape index (κ3) is 3.03. The van der Waals surface area contributed by atoms with Crippen LogP contribution in [-0.2, 0) is 6.54 Å². The van der Waals surface area contributed by atoms with Crippen LogP contribution in [-0.4, -0.2) is 11.0 Å². The van der Waals surface area contributed by atoms with E-state index in [1.807, 2.05) is 18.3 Å². The maximum Gasteiger partial charge on any atom is 0.0541 e. The van der Waals surface area contributed by atoms with Crippen molar-refractivity contribution >= 4 is 0 Å². The smallest absolute Gasteiger partial charge is 0.0541 e. The molecule has 1 N–H and O–H groups in total. The van der Waals surface area contributed by atoms with Gasteiger partial charge in [0.1, 0.15) is 0 Å². The van der Waals surface area contributed by atoms with Gasteiger partial charge in [-0.2, -0.15) is 0 Å². The van der Waals surface area contributed by atoms with Crippen molar-refractivity contribution < 1.29 is 0 Å². The minimum Gasteiger partial charge on any atom is -0.308 e. The van der Waals surface area contributed by atoms with Crippen molar-refractivity contribution in [3.63, 3.8) is 0 Å². The van der Waals surface area contributed by atoms with E-state index in [0.29, 0.717) is 6.04 Å². The zero-order valence-corrected chi connectivity index (χ0v) is 9.45. The fourth-order valence-corrected chi connectivity index (χ4v) is 2.39. The van der Waals surface area contributed by atoms with E-state index in [4.69, 9.17) is 0 Å². The quantitative estimate of drug-likeness (QED) is 0.815. The molecule has 1 heterocycles. The number of hydrogen-bond donors (Lipinski definition) is 1. The van der Waals surface area contributed by atoms with Crippen LogP contribution in [0.4, 0.5) is 0 Å². The van der Waals surface area contributed by atoms with Crippen molar-refractivity contribution in [3.8, 4) is 0 Å². The second kappa shape index (κ2) is 5.26. The number of nitrogens with zero attached hydrogens (tertiary/aromatic N) is 1. The Bertz CT molecular complexity index is 278. The third-order valence-corrected chi connectivity index (χ3v) is 3.44. The van der Waals surface area contributed by atoms with Crippen LogP contribution in [0.25, 0.3) is 0 Å². The van der Waals surface area contributed by atoms with Crippen molar-refractivity contribution in [2.45, 2.75) is 45.2 Å². The van der Waals surface area contributed by atoms with Crippen LogP contribution >= 0.6 is 0 Å². The Labute approximate surface area is 92.1 Å². The van der Waals surface area contributed by atoms with E-state index in [0.717, 1.165) is 18.2 Å². The highest BCUT2D eigenvalue weighted by atomic mass is 14.9. The highest BCUT2D eigenvalue weighted by molar-refractivity contribution is 5.03. The van der Waals surface area contributed by atoms with Gasteiger partial charge in [-0.15, -0.1) is 0 Å². The molecule has 15 heavy (non-hydrogen) atoms. The molecule has 0 aliphatic heterocycles. The van der Waals surface area contributed by atoms with Gasteiger partial charge in [-0.3, -0.25) is 4.98 Å². The maximum absolute atomic E-state index is 4.31. The molecule has 0 amide bonds. The summed E-state index contributed by atoms with van der Waals surface area (Å²) in [7, 11) is 0. The van der Waals surface area contributed by atoms with E-state index in [1.54, 1.807) is 0 Å². The molecule has 2 rings (SSSR count). The number of aromatic nitrogens is 1. The first-order chi connectivity index (χ1) is 7.36. The zero-order valence-electron chi connectivity index (χ0n) is 9.45. The number of rotatable bonds is 4. The summed E-state index contributed by atoms with van der Waals surface area (Å²) in [6, 6.07) is 6.72. The monoisotopic (exact) mass is 204 g/mol. The van der Waals surface area contributed by atoms with Crippen LogP contribution in [0.2, 0.25) is 0 Å². The summed E-state index contributed by atoms with van der Waals surface area (Å²) in [6.45, 7) is 3.21. The van der Waals surface area contributed by atoms with Gasteiger partial charge in [0.15, 0.2) is 0 Å². The Morgan fingerprint density at radius 2 is 2.20 bits per heavy atom. The summed E-state index contributed by atoms with van der Waals surface area (Å²) in [5.74, 6) is 0.883. The van der Waals surface area contributed by atoms with E-state index in [-0.39, 0.29) is 0 Å². The molecule has 1 aromatic heterocycles. The maximum atomic E-state index is 4.31. The van der Waals surface area contributed by atoms with Gasteiger partial charge >= 0.3 is 0 Å². The van der Waals surface area contributed by atoms with E-state index < -0.39 is 0 Å². The first-order valence-corrected chi connectivity index (χ1v) is 5.99. The fraction of sp³-hybridized carbons (Fsp3) is 0.615. The molecule has 2 nitrogen and oxygen atoms in total. The van der Waals surface area contributed by atoms with Gasteiger partial charge in [0.2, 0.25) is 0 Å². The third-order valence-electron chi connectivity index (χ3n) is 3.44. The molecule has 0 unspecified atom stereocenters. The first-order valence-electron chi connectivity index (χ1n) is 5.99. The van der Waals surface area contributed by atoms with E-state index >= 15 is 0 Å². The molecule has 1 aromatic rings. The summed E-state index contributed by atoms with van der Waals surface area (Å²) in [4.78, 5) is 4.31. The molecule has 1 atom stereocenters. The molecule has 1 saturated carbocycles. The molecular weight excluding hydrogens is 184 g/mol. The predicted octanol–water partition coefficient (Wildman–Crippen LogP) is 2.75. The van der Waals surface area contributed by atoms with Crippen LogP contribution in [0, 0.1) is 5.92 Å². The lowest BCUT2D eigenvalue weighted by molar-refractivity contribution is 0.379. The van der Waals surface area contributed by atoms with E-state index in [9.17, 15) is 0 Å². The van der Waals surface area contributed by atoms with Crippen molar-refractivity contribution in [3.05, 3.63) is 30.1 Å². The summed E-state index contributed by atoms with van der Waals surface area (Å²) in [6.07, 6.45) is 7.49. The SMILES string of the molecule is C[C@H](NCc1ccccn1)C1CCCC1. The highest BCUT2D eigenvalue weighted by Gasteiger charge is 2.20. The van der Waals surface area contributed by atoms with Crippen LogP contribution in [0.1, 0.15) is 38.3 Å². The normalized spacial score (nSPS) is 19.3. The van der Waals surface area contributed by atoms with Crippen LogP contribution < -0.4 is 5.32 Å². The average molecular weight is 204 g/mol. The summed E-state index contributed by atoms with van der Waals surface area (Å²) in [5.41, 5.74) is 1.14. The highest BCUT2D eigenvalue weighted by Crippen LogP contribution is 2.27. The number of hydrogen-bond acceptors (Lipinski definition) is 2. The van der Waals surface area contributed by atoms with Gasteiger partial charge in [0.05, 0.1) is 5.69 Å². The lowest BCUT2D eigenvalue weighted by Crippen LogP contribution is -2.31. The topological polar surface area (TPSA) is 24.9 Å². The Kier molecular flexibility index (Phi) is 3.73. The molecule has 82 valence electrons. The molecule has 1 fully saturated rings. The Balaban J connectivity index is 1.77. The van der Waals surface area contributed by atoms with Gasteiger partial charge in [0, 0.05) is 18.8 Å². The molecule has 2 heteroatoms. The van der Waals surface area contributed by atoms with Crippen molar-refractivity contribution in [2.24, 2.45) is 5.92 Å². The molecule has 1 aliphatic carbocycles. The van der Waals surface area contributed by atoms with Gasteiger partial charge < -0.3 is 5.32 Å². The minimum atomic E-state index is 0.634. The van der Waals surface area contributed by atoms with Crippen LogP contribution in [0.3, 0.4) is 0 Å². The largest absolute Gasteiger partial charge is 0.308 e. The first kappa shape index (κ1) is 10.6. The van der Waals surface area contributed by atoms with E-state index in [1.165, 1.54) is 25.7 Å².